The van der Waals surface area contributed by atoms with Crippen molar-refractivity contribution < 1.29 is 4.79 Å². The molecule has 1 N–H and O–H groups in total. The lowest BCUT2D eigenvalue weighted by molar-refractivity contribution is -0.113. The lowest BCUT2D eigenvalue weighted by atomic mass is 9.79. The number of Topliss-reactive ketones (excluding diaryl/α,β-unsaturated/α-hetero) is 1. The standard InChI is InChI=1S/C17H29NO/c1-11-12(2)15(19)14(11)18-13(9-16(3,4)5)10-17(6,7)8/h13,18H,2,9-10H2,1,3-8H3. The molecule has 1 aliphatic carbocycles. The molecule has 0 aromatic carbocycles. The largest absolute Gasteiger partial charge is 0.379 e. The van der Waals surface area contributed by atoms with Crippen LogP contribution in [0.25, 0.3) is 0 Å². The van der Waals surface area contributed by atoms with Gasteiger partial charge in [0.1, 0.15) is 0 Å². The second-order valence-electron chi connectivity index (χ2n) is 8.18. The summed E-state index contributed by atoms with van der Waals surface area (Å²) in [5, 5.41) is 3.47. The quantitative estimate of drug-likeness (QED) is 0.769. The number of ketones is 1. The van der Waals surface area contributed by atoms with E-state index >= 15 is 0 Å². The Hall–Kier alpha value is -1.05. The smallest absolute Gasteiger partial charge is 0.208 e. The third-order valence-corrected chi connectivity index (χ3v) is 3.39. The molecular weight excluding hydrogens is 234 g/mol. The second-order valence-corrected chi connectivity index (χ2v) is 8.18. The van der Waals surface area contributed by atoms with Crippen molar-refractivity contribution in [1.29, 1.82) is 0 Å². The fourth-order valence-corrected chi connectivity index (χ4v) is 2.61. The molecule has 0 saturated heterocycles. The van der Waals surface area contributed by atoms with Gasteiger partial charge in [-0.25, -0.2) is 0 Å². The third kappa shape index (κ3) is 4.52. The number of hydrogen-bond donors (Lipinski definition) is 1. The first-order valence-corrected chi connectivity index (χ1v) is 7.12. The molecule has 0 amide bonds. The molecule has 0 atom stereocenters. The highest BCUT2D eigenvalue weighted by molar-refractivity contribution is 6.18. The minimum absolute atomic E-state index is 0.0883. The van der Waals surface area contributed by atoms with E-state index in [-0.39, 0.29) is 16.6 Å². The summed E-state index contributed by atoms with van der Waals surface area (Å²) in [4.78, 5) is 11.8. The van der Waals surface area contributed by atoms with Crippen LogP contribution in [-0.2, 0) is 4.79 Å². The fourth-order valence-electron chi connectivity index (χ4n) is 2.61. The summed E-state index contributed by atoms with van der Waals surface area (Å²) in [7, 11) is 0. The molecule has 2 nitrogen and oxygen atoms in total. The van der Waals surface area contributed by atoms with Crippen LogP contribution in [0.5, 0.6) is 0 Å². The van der Waals surface area contributed by atoms with E-state index in [2.05, 4.69) is 53.4 Å². The van der Waals surface area contributed by atoms with Gasteiger partial charge in [-0.3, -0.25) is 4.79 Å². The van der Waals surface area contributed by atoms with Crippen LogP contribution in [0, 0.1) is 10.8 Å². The number of nitrogens with one attached hydrogen (secondary N) is 1. The molecule has 19 heavy (non-hydrogen) atoms. The maximum absolute atomic E-state index is 11.8. The van der Waals surface area contributed by atoms with E-state index in [0.717, 1.165) is 24.1 Å². The Kier molecular flexibility index (Phi) is 4.33. The van der Waals surface area contributed by atoms with Crippen molar-refractivity contribution >= 4 is 5.78 Å². The molecule has 0 radical (unpaired) electrons. The van der Waals surface area contributed by atoms with Crippen molar-refractivity contribution in [2.45, 2.75) is 67.3 Å². The van der Waals surface area contributed by atoms with Crippen molar-refractivity contribution in [2.75, 3.05) is 0 Å². The summed E-state index contributed by atoms with van der Waals surface area (Å²) < 4.78 is 0. The van der Waals surface area contributed by atoms with Crippen LogP contribution in [0.15, 0.2) is 23.4 Å². The van der Waals surface area contributed by atoms with Gasteiger partial charge in [0, 0.05) is 11.6 Å². The Morgan fingerprint density at radius 3 is 1.79 bits per heavy atom. The van der Waals surface area contributed by atoms with Crippen LogP contribution in [0.1, 0.15) is 61.3 Å². The van der Waals surface area contributed by atoms with Crippen molar-refractivity contribution in [3.05, 3.63) is 23.4 Å². The molecule has 108 valence electrons. The number of rotatable bonds is 4. The summed E-state index contributed by atoms with van der Waals surface area (Å²) in [6.07, 6.45) is 2.11. The Bertz CT molecular complexity index is 400. The predicted molar refractivity (Wildman–Crippen MR) is 81.9 cm³/mol. The number of carbonyl (C=O) groups excluding carboxylic acids is 1. The molecule has 0 spiro atoms. The average molecular weight is 263 g/mol. The first-order valence-electron chi connectivity index (χ1n) is 7.12. The van der Waals surface area contributed by atoms with E-state index in [0.29, 0.717) is 11.6 Å². The average Bonchev–Trinajstić information content (AvgIpc) is 2.19. The highest BCUT2D eigenvalue weighted by Gasteiger charge is 2.32. The van der Waals surface area contributed by atoms with E-state index in [9.17, 15) is 4.79 Å². The van der Waals surface area contributed by atoms with E-state index in [4.69, 9.17) is 0 Å². The zero-order chi connectivity index (χ0) is 15.0. The molecule has 1 rings (SSSR count). The molecule has 2 heteroatoms. The SMILES string of the molecule is C=C1C(=O)C(NC(CC(C)(C)C)CC(C)(C)C)=C1C. The number of carbonyl (C=O) groups is 1. The van der Waals surface area contributed by atoms with Crippen molar-refractivity contribution in [2.24, 2.45) is 10.8 Å². The second kappa shape index (κ2) is 5.15. The van der Waals surface area contributed by atoms with E-state index < -0.39 is 0 Å². The zero-order valence-corrected chi connectivity index (χ0v) is 13.6. The minimum atomic E-state index is 0.0883. The Balaban J connectivity index is 2.81. The third-order valence-electron chi connectivity index (χ3n) is 3.39. The van der Waals surface area contributed by atoms with Crippen molar-refractivity contribution in [1.82, 2.24) is 5.32 Å². The van der Waals surface area contributed by atoms with Gasteiger partial charge in [0.15, 0.2) is 0 Å². The highest BCUT2D eigenvalue weighted by atomic mass is 16.1. The highest BCUT2D eigenvalue weighted by Crippen LogP contribution is 2.32. The van der Waals surface area contributed by atoms with Crippen LogP contribution in [-0.4, -0.2) is 11.8 Å². The monoisotopic (exact) mass is 263 g/mol. The van der Waals surface area contributed by atoms with Gasteiger partial charge in [-0.2, -0.15) is 0 Å². The molecule has 0 fully saturated rings. The van der Waals surface area contributed by atoms with Crippen molar-refractivity contribution in [3.63, 3.8) is 0 Å². The van der Waals surface area contributed by atoms with Gasteiger partial charge in [0.05, 0.1) is 5.70 Å². The summed E-state index contributed by atoms with van der Waals surface area (Å²) >= 11 is 0. The van der Waals surface area contributed by atoms with Gasteiger partial charge < -0.3 is 5.32 Å². The lowest BCUT2D eigenvalue weighted by Crippen LogP contribution is -2.41. The fraction of sp³-hybridized carbons (Fsp3) is 0.706. The number of hydrogen-bond acceptors (Lipinski definition) is 2. The molecule has 0 aliphatic heterocycles. The topological polar surface area (TPSA) is 29.1 Å². The summed E-state index contributed by atoms with van der Waals surface area (Å²) in [5.41, 5.74) is 2.97. The molecule has 1 aliphatic rings. The predicted octanol–water partition coefficient (Wildman–Crippen LogP) is 4.23. The van der Waals surface area contributed by atoms with E-state index in [1.54, 1.807) is 0 Å². The van der Waals surface area contributed by atoms with Crippen LogP contribution < -0.4 is 5.32 Å². The molecule has 0 aromatic rings. The maximum Gasteiger partial charge on any atom is 0.208 e. The molecule has 0 saturated carbocycles. The normalized spacial score (nSPS) is 17.1. The van der Waals surface area contributed by atoms with E-state index in [1.165, 1.54) is 0 Å². The van der Waals surface area contributed by atoms with Gasteiger partial charge in [0.2, 0.25) is 5.78 Å². The maximum atomic E-state index is 11.8. The van der Waals surface area contributed by atoms with Gasteiger partial charge in [-0.05, 0) is 36.2 Å². The van der Waals surface area contributed by atoms with Crippen LogP contribution >= 0.6 is 0 Å². The van der Waals surface area contributed by atoms with Gasteiger partial charge >= 0.3 is 0 Å². The zero-order valence-electron chi connectivity index (χ0n) is 13.6. The van der Waals surface area contributed by atoms with Gasteiger partial charge in [-0.1, -0.05) is 48.1 Å². The minimum Gasteiger partial charge on any atom is -0.379 e. The molecule has 0 heterocycles. The lowest BCUT2D eigenvalue weighted by Gasteiger charge is -2.35. The van der Waals surface area contributed by atoms with Crippen LogP contribution in [0.4, 0.5) is 0 Å². The van der Waals surface area contributed by atoms with Crippen LogP contribution in [0.2, 0.25) is 0 Å². The Morgan fingerprint density at radius 2 is 1.47 bits per heavy atom. The van der Waals surface area contributed by atoms with Gasteiger partial charge in [0.25, 0.3) is 0 Å². The molecule has 0 unspecified atom stereocenters. The summed E-state index contributed by atoms with van der Waals surface area (Å²) in [5.74, 6) is 0.0883. The first-order chi connectivity index (χ1) is 8.41. The Labute approximate surface area is 118 Å². The summed E-state index contributed by atoms with van der Waals surface area (Å²) in [6, 6.07) is 0.335. The Morgan fingerprint density at radius 1 is 1.05 bits per heavy atom. The molecular formula is C17H29NO. The molecule has 0 aromatic heterocycles. The van der Waals surface area contributed by atoms with Crippen LogP contribution in [0.3, 0.4) is 0 Å². The molecule has 0 bridgehead atoms. The van der Waals surface area contributed by atoms with Crippen molar-refractivity contribution in [3.8, 4) is 0 Å². The number of allylic oxidation sites excluding steroid dienone is 2. The van der Waals surface area contributed by atoms with Gasteiger partial charge in [-0.15, -0.1) is 0 Å². The van der Waals surface area contributed by atoms with E-state index in [1.807, 2.05) is 6.92 Å². The summed E-state index contributed by atoms with van der Waals surface area (Å²) in [6.45, 7) is 19.2. The first kappa shape index (κ1) is 16.0.